The molecule has 0 spiro atoms. The van der Waals surface area contributed by atoms with E-state index >= 15 is 0 Å². The first-order chi connectivity index (χ1) is 14.0. The maximum Gasteiger partial charge on any atom is 0.227 e. The van der Waals surface area contributed by atoms with Crippen LogP contribution in [0.3, 0.4) is 0 Å². The Bertz CT molecular complexity index is 925. The average molecular weight is 396 g/mol. The number of fused-ring (bicyclic) bond motifs is 1. The summed E-state index contributed by atoms with van der Waals surface area (Å²) >= 11 is 0. The zero-order valence-electron chi connectivity index (χ0n) is 16.6. The maximum absolute atomic E-state index is 13.8. The number of amides is 2. The van der Waals surface area contributed by atoms with Crippen molar-refractivity contribution in [1.29, 1.82) is 0 Å². The first-order valence-electron chi connectivity index (χ1n) is 10.1. The molecule has 0 unspecified atom stereocenters. The summed E-state index contributed by atoms with van der Waals surface area (Å²) in [6, 6.07) is 6.43. The second-order valence-electron chi connectivity index (χ2n) is 7.81. The van der Waals surface area contributed by atoms with Gasteiger partial charge in [-0.1, -0.05) is 18.2 Å². The molecule has 6 nitrogen and oxygen atoms in total. The summed E-state index contributed by atoms with van der Waals surface area (Å²) in [5, 5.41) is 0. The number of hydrogen-bond donors (Lipinski definition) is 0. The first kappa shape index (κ1) is 19.5. The number of rotatable bonds is 3. The predicted octanol–water partition coefficient (Wildman–Crippen LogP) is 2.47. The third-order valence-electron chi connectivity index (χ3n) is 5.91. The summed E-state index contributed by atoms with van der Waals surface area (Å²) in [6.45, 7) is 4.13. The van der Waals surface area contributed by atoms with E-state index in [-0.39, 0.29) is 30.0 Å². The van der Waals surface area contributed by atoms with Gasteiger partial charge >= 0.3 is 0 Å². The van der Waals surface area contributed by atoms with Crippen molar-refractivity contribution < 1.29 is 14.0 Å². The Kier molecular flexibility index (Phi) is 5.56. The van der Waals surface area contributed by atoms with E-state index in [2.05, 4.69) is 4.98 Å². The number of carbonyl (C=O) groups excluding carboxylic acids is 2. The number of hydrogen-bond acceptors (Lipinski definition) is 4. The van der Waals surface area contributed by atoms with Crippen LogP contribution in [0, 0.1) is 5.82 Å². The first-order valence-corrected chi connectivity index (χ1v) is 10.1. The van der Waals surface area contributed by atoms with Gasteiger partial charge in [-0.3, -0.25) is 9.59 Å². The smallest absolute Gasteiger partial charge is 0.227 e. The van der Waals surface area contributed by atoms with Crippen molar-refractivity contribution in [2.24, 2.45) is 0 Å². The largest absolute Gasteiger partial charge is 0.342 e. The van der Waals surface area contributed by atoms with Crippen LogP contribution in [-0.2, 0) is 29.0 Å². The number of nitrogens with zero attached hydrogens (tertiary/aromatic N) is 4. The van der Waals surface area contributed by atoms with E-state index in [9.17, 15) is 14.0 Å². The Morgan fingerprint density at radius 2 is 1.90 bits per heavy atom. The molecule has 1 aromatic heterocycles. The Morgan fingerprint density at radius 1 is 1.14 bits per heavy atom. The summed E-state index contributed by atoms with van der Waals surface area (Å²) in [4.78, 5) is 37.1. The minimum Gasteiger partial charge on any atom is -0.342 e. The maximum atomic E-state index is 13.8. The zero-order valence-corrected chi connectivity index (χ0v) is 16.6. The van der Waals surface area contributed by atoms with Crippen LogP contribution in [0.2, 0.25) is 0 Å². The number of halogens is 1. The van der Waals surface area contributed by atoms with E-state index in [1.54, 1.807) is 25.1 Å². The average Bonchev–Trinajstić information content (AvgIpc) is 2.74. The standard InChI is InChI=1S/C22H25FN4O2/c1-15(28)27-11-8-20-18(14-27)13-24-22(25-20)16-6-9-26(10-7-16)21(29)12-17-4-2-3-5-19(17)23/h2-5,13,16H,6-12,14H2,1H3. The number of likely N-dealkylation sites (tertiary alicyclic amines) is 1. The Balaban J connectivity index is 1.36. The minimum absolute atomic E-state index is 0.0377. The molecule has 152 valence electrons. The van der Waals surface area contributed by atoms with Crippen LogP contribution >= 0.6 is 0 Å². The van der Waals surface area contributed by atoms with Gasteiger partial charge in [0.2, 0.25) is 11.8 Å². The van der Waals surface area contributed by atoms with Gasteiger partial charge in [0.05, 0.1) is 12.1 Å². The highest BCUT2D eigenvalue weighted by Crippen LogP contribution is 2.27. The highest BCUT2D eigenvalue weighted by molar-refractivity contribution is 5.79. The molecule has 0 aliphatic carbocycles. The van der Waals surface area contributed by atoms with Crippen LogP contribution < -0.4 is 0 Å². The summed E-state index contributed by atoms with van der Waals surface area (Å²) in [7, 11) is 0. The Labute approximate surface area is 169 Å². The van der Waals surface area contributed by atoms with Crippen molar-refractivity contribution in [2.45, 2.75) is 45.1 Å². The van der Waals surface area contributed by atoms with Gasteiger partial charge in [0.25, 0.3) is 0 Å². The predicted molar refractivity (Wildman–Crippen MR) is 105 cm³/mol. The van der Waals surface area contributed by atoms with Crippen LogP contribution in [0.5, 0.6) is 0 Å². The molecule has 1 saturated heterocycles. The number of carbonyl (C=O) groups is 2. The number of aromatic nitrogens is 2. The lowest BCUT2D eigenvalue weighted by Gasteiger charge is -2.32. The fraction of sp³-hybridized carbons (Fsp3) is 0.455. The van der Waals surface area contributed by atoms with E-state index < -0.39 is 0 Å². The molecule has 1 aromatic carbocycles. The third kappa shape index (κ3) is 4.28. The SMILES string of the molecule is CC(=O)N1CCc2nc(C3CCN(C(=O)Cc4ccccc4F)CC3)ncc2C1. The van der Waals surface area contributed by atoms with Gasteiger partial charge in [-0.25, -0.2) is 14.4 Å². The summed E-state index contributed by atoms with van der Waals surface area (Å²) in [6.07, 6.45) is 4.31. The van der Waals surface area contributed by atoms with E-state index in [0.717, 1.165) is 36.3 Å². The van der Waals surface area contributed by atoms with Crippen molar-refractivity contribution in [3.05, 3.63) is 58.9 Å². The van der Waals surface area contributed by atoms with E-state index in [1.807, 2.05) is 16.0 Å². The molecule has 7 heteroatoms. The van der Waals surface area contributed by atoms with Crippen molar-refractivity contribution >= 4 is 11.8 Å². The summed E-state index contributed by atoms with van der Waals surface area (Å²) in [5.41, 5.74) is 2.50. The van der Waals surface area contributed by atoms with Crippen LogP contribution in [0.1, 0.15) is 48.3 Å². The summed E-state index contributed by atoms with van der Waals surface area (Å²) < 4.78 is 13.8. The van der Waals surface area contributed by atoms with E-state index in [4.69, 9.17) is 4.98 Å². The quantitative estimate of drug-likeness (QED) is 0.800. The van der Waals surface area contributed by atoms with Crippen molar-refractivity contribution in [1.82, 2.24) is 19.8 Å². The second-order valence-corrected chi connectivity index (χ2v) is 7.81. The van der Waals surface area contributed by atoms with Gasteiger partial charge in [-0.05, 0) is 24.5 Å². The molecule has 3 heterocycles. The number of piperidine rings is 1. The highest BCUT2D eigenvalue weighted by atomic mass is 19.1. The Morgan fingerprint density at radius 3 is 2.62 bits per heavy atom. The molecule has 0 atom stereocenters. The molecule has 0 bridgehead atoms. The molecule has 29 heavy (non-hydrogen) atoms. The lowest BCUT2D eigenvalue weighted by atomic mass is 9.95. The molecule has 0 saturated carbocycles. The molecule has 1 fully saturated rings. The van der Waals surface area contributed by atoms with Crippen molar-refractivity contribution in [3.8, 4) is 0 Å². The minimum atomic E-state index is -0.332. The van der Waals surface area contributed by atoms with E-state index in [0.29, 0.717) is 31.7 Å². The van der Waals surface area contributed by atoms with Crippen LogP contribution in [0.4, 0.5) is 4.39 Å². The van der Waals surface area contributed by atoms with Crippen LogP contribution in [0.25, 0.3) is 0 Å². The molecule has 4 rings (SSSR count). The van der Waals surface area contributed by atoms with Gasteiger partial charge in [-0.15, -0.1) is 0 Å². The molecular formula is C22H25FN4O2. The normalized spacial score (nSPS) is 17.2. The van der Waals surface area contributed by atoms with Crippen LogP contribution in [-0.4, -0.2) is 51.2 Å². The van der Waals surface area contributed by atoms with Crippen molar-refractivity contribution in [3.63, 3.8) is 0 Å². The lowest BCUT2D eigenvalue weighted by Crippen LogP contribution is -2.39. The molecule has 2 aliphatic rings. The fourth-order valence-corrected chi connectivity index (χ4v) is 4.10. The molecule has 2 amide bonds. The lowest BCUT2D eigenvalue weighted by molar-refractivity contribution is -0.131. The van der Waals surface area contributed by atoms with Crippen LogP contribution in [0.15, 0.2) is 30.5 Å². The molecular weight excluding hydrogens is 371 g/mol. The fourth-order valence-electron chi connectivity index (χ4n) is 4.10. The van der Waals surface area contributed by atoms with Gasteiger partial charge in [0.15, 0.2) is 0 Å². The van der Waals surface area contributed by atoms with Gasteiger partial charge < -0.3 is 9.80 Å². The molecule has 2 aliphatic heterocycles. The molecule has 0 N–H and O–H groups in total. The van der Waals surface area contributed by atoms with E-state index in [1.165, 1.54) is 6.07 Å². The molecule has 0 radical (unpaired) electrons. The highest BCUT2D eigenvalue weighted by Gasteiger charge is 2.27. The number of benzene rings is 1. The second kappa shape index (κ2) is 8.27. The van der Waals surface area contributed by atoms with Gasteiger partial charge in [0, 0.05) is 57.2 Å². The van der Waals surface area contributed by atoms with Gasteiger partial charge in [-0.2, -0.15) is 0 Å². The monoisotopic (exact) mass is 396 g/mol. The Hall–Kier alpha value is -2.83. The van der Waals surface area contributed by atoms with Gasteiger partial charge in [0.1, 0.15) is 11.6 Å². The van der Waals surface area contributed by atoms with Crippen molar-refractivity contribution in [2.75, 3.05) is 19.6 Å². The summed E-state index contributed by atoms with van der Waals surface area (Å²) in [5.74, 6) is 0.766. The zero-order chi connectivity index (χ0) is 20.4. The third-order valence-corrected chi connectivity index (χ3v) is 5.91. The topological polar surface area (TPSA) is 66.4 Å². The molecule has 2 aromatic rings.